The summed E-state index contributed by atoms with van der Waals surface area (Å²) in [5.41, 5.74) is 2.58. The number of Topliss-reactive ketones (excluding diaryl/α,β-unsaturated/α-hetero) is 1. The molecule has 0 saturated carbocycles. The third-order valence-electron chi connectivity index (χ3n) is 4.27. The van der Waals surface area contributed by atoms with Crippen molar-refractivity contribution < 1.29 is 18.3 Å². The maximum Gasteiger partial charge on any atom is 0.264 e. The predicted octanol–water partition coefficient (Wildman–Crippen LogP) is 2.83. The number of anilines is 1. The van der Waals surface area contributed by atoms with Crippen LogP contribution in [0.2, 0.25) is 0 Å². The highest BCUT2D eigenvalue weighted by atomic mass is 32.2. The molecule has 0 bridgehead atoms. The van der Waals surface area contributed by atoms with E-state index in [0.717, 1.165) is 5.56 Å². The van der Waals surface area contributed by atoms with Crippen LogP contribution in [0.4, 0.5) is 5.69 Å². The topological polar surface area (TPSA) is 74.7 Å². The summed E-state index contributed by atoms with van der Waals surface area (Å²) in [6.45, 7) is 3.56. The summed E-state index contributed by atoms with van der Waals surface area (Å²) in [5.74, 6) is -0.110. The van der Waals surface area contributed by atoms with E-state index in [4.69, 9.17) is 0 Å². The predicted molar refractivity (Wildman–Crippen MR) is 91.7 cm³/mol. The van der Waals surface area contributed by atoms with Gasteiger partial charge in [-0.1, -0.05) is 29.8 Å². The molecule has 0 radical (unpaired) electrons. The minimum Gasteiger partial charge on any atom is -0.388 e. The number of aliphatic hydroxyl groups excluding tert-OH is 1. The molecule has 1 unspecified atom stereocenters. The Morgan fingerprint density at radius 1 is 1.17 bits per heavy atom. The van der Waals surface area contributed by atoms with Gasteiger partial charge < -0.3 is 5.11 Å². The second-order valence-electron chi connectivity index (χ2n) is 6.02. The van der Waals surface area contributed by atoms with E-state index in [1.165, 1.54) is 35.5 Å². The van der Waals surface area contributed by atoms with Crippen LogP contribution in [0, 0.1) is 6.92 Å². The highest BCUT2D eigenvalue weighted by Gasteiger charge is 2.32. The SMILES string of the molecule is CC(=O)c1ccc(S(=O)(=O)N2CCC(O)c3cc(C)ccc32)cc1. The van der Waals surface area contributed by atoms with Gasteiger partial charge >= 0.3 is 0 Å². The standard InChI is InChI=1S/C18H19NO4S/c1-12-3-8-17-16(11-12)18(21)9-10-19(17)24(22,23)15-6-4-14(5-7-15)13(2)20/h3-8,11,18,21H,9-10H2,1-2H3. The number of sulfonamides is 1. The van der Waals surface area contributed by atoms with Crippen LogP contribution in [0.3, 0.4) is 0 Å². The Labute approximate surface area is 141 Å². The molecule has 24 heavy (non-hydrogen) atoms. The van der Waals surface area contributed by atoms with Crippen LogP contribution in [0.5, 0.6) is 0 Å². The minimum atomic E-state index is -3.74. The number of ketones is 1. The van der Waals surface area contributed by atoms with Gasteiger partial charge in [0.1, 0.15) is 0 Å². The van der Waals surface area contributed by atoms with E-state index in [1.54, 1.807) is 6.07 Å². The second kappa shape index (κ2) is 6.03. The summed E-state index contributed by atoms with van der Waals surface area (Å²) < 4.78 is 27.3. The smallest absolute Gasteiger partial charge is 0.264 e. The van der Waals surface area contributed by atoms with Crippen molar-refractivity contribution in [2.45, 2.75) is 31.3 Å². The van der Waals surface area contributed by atoms with Gasteiger partial charge in [0.05, 0.1) is 16.7 Å². The molecule has 0 saturated heterocycles. The maximum atomic E-state index is 13.0. The number of carbonyl (C=O) groups excluding carboxylic acids is 1. The molecule has 1 aliphatic rings. The fourth-order valence-corrected chi connectivity index (χ4v) is 4.43. The molecule has 0 amide bonds. The summed E-state index contributed by atoms with van der Waals surface area (Å²) in [4.78, 5) is 11.5. The summed E-state index contributed by atoms with van der Waals surface area (Å²) in [7, 11) is -3.74. The first-order chi connectivity index (χ1) is 11.3. The number of aryl methyl sites for hydroxylation is 1. The average Bonchev–Trinajstić information content (AvgIpc) is 2.55. The van der Waals surface area contributed by atoms with E-state index < -0.39 is 16.1 Å². The molecular weight excluding hydrogens is 326 g/mol. The van der Waals surface area contributed by atoms with Gasteiger partial charge in [-0.3, -0.25) is 9.10 Å². The summed E-state index contributed by atoms with van der Waals surface area (Å²) >= 11 is 0. The van der Waals surface area contributed by atoms with Crippen LogP contribution in [-0.2, 0) is 10.0 Å². The first kappa shape index (κ1) is 16.7. The maximum absolute atomic E-state index is 13.0. The molecule has 1 heterocycles. The molecule has 5 nitrogen and oxygen atoms in total. The number of hydrogen-bond acceptors (Lipinski definition) is 4. The van der Waals surface area contributed by atoms with E-state index in [9.17, 15) is 18.3 Å². The zero-order valence-corrected chi connectivity index (χ0v) is 14.4. The zero-order chi connectivity index (χ0) is 17.5. The molecular formula is C18H19NO4S. The molecule has 0 fully saturated rings. The van der Waals surface area contributed by atoms with Crippen molar-refractivity contribution in [1.82, 2.24) is 0 Å². The molecule has 0 aromatic heterocycles. The van der Waals surface area contributed by atoms with Crippen molar-refractivity contribution in [3.8, 4) is 0 Å². The zero-order valence-electron chi connectivity index (χ0n) is 13.6. The number of aliphatic hydroxyl groups is 1. The van der Waals surface area contributed by atoms with Crippen molar-refractivity contribution in [2.75, 3.05) is 10.8 Å². The molecule has 1 aliphatic heterocycles. The lowest BCUT2D eigenvalue weighted by molar-refractivity contribution is 0.101. The van der Waals surface area contributed by atoms with Gasteiger partial charge in [-0.2, -0.15) is 0 Å². The molecule has 1 N–H and O–H groups in total. The highest BCUT2D eigenvalue weighted by molar-refractivity contribution is 7.92. The summed E-state index contributed by atoms with van der Waals surface area (Å²) in [6.07, 6.45) is -0.312. The number of carbonyl (C=O) groups is 1. The Hall–Kier alpha value is -2.18. The van der Waals surface area contributed by atoms with Crippen molar-refractivity contribution in [1.29, 1.82) is 0 Å². The number of benzene rings is 2. The fraction of sp³-hybridized carbons (Fsp3) is 0.278. The molecule has 0 aliphatic carbocycles. The van der Waals surface area contributed by atoms with Gasteiger partial charge in [-0.25, -0.2) is 8.42 Å². The van der Waals surface area contributed by atoms with E-state index in [-0.39, 0.29) is 17.2 Å². The molecule has 1 atom stereocenters. The van der Waals surface area contributed by atoms with Crippen LogP contribution in [0.15, 0.2) is 47.4 Å². The number of hydrogen-bond donors (Lipinski definition) is 1. The van der Waals surface area contributed by atoms with Gasteiger partial charge in [0.25, 0.3) is 10.0 Å². The lowest BCUT2D eigenvalue weighted by atomic mass is 9.99. The molecule has 3 rings (SSSR count). The lowest BCUT2D eigenvalue weighted by Crippen LogP contribution is -2.36. The van der Waals surface area contributed by atoms with Crippen LogP contribution in [0.25, 0.3) is 0 Å². The minimum absolute atomic E-state index is 0.110. The Kier molecular flexibility index (Phi) is 4.19. The van der Waals surface area contributed by atoms with Gasteiger partial charge in [0.15, 0.2) is 5.78 Å². The van der Waals surface area contributed by atoms with Gasteiger partial charge in [-0.05, 0) is 38.5 Å². The Bertz CT molecular complexity index is 888. The monoisotopic (exact) mass is 345 g/mol. The normalized spacial score (nSPS) is 17.5. The third kappa shape index (κ3) is 2.83. The van der Waals surface area contributed by atoms with Gasteiger partial charge in [0, 0.05) is 17.7 Å². The van der Waals surface area contributed by atoms with E-state index in [1.807, 2.05) is 19.1 Å². The molecule has 2 aromatic rings. The Balaban J connectivity index is 2.05. The largest absolute Gasteiger partial charge is 0.388 e. The second-order valence-corrected chi connectivity index (χ2v) is 7.89. The lowest BCUT2D eigenvalue weighted by Gasteiger charge is -2.33. The van der Waals surface area contributed by atoms with E-state index in [0.29, 0.717) is 23.2 Å². The Morgan fingerprint density at radius 3 is 2.46 bits per heavy atom. The quantitative estimate of drug-likeness (QED) is 0.868. The fourth-order valence-electron chi connectivity index (χ4n) is 2.92. The van der Waals surface area contributed by atoms with E-state index >= 15 is 0 Å². The van der Waals surface area contributed by atoms with E-state index in [2.05, 4.69) is 0 Å². The van der Waals surface area contributed by atoms with Crippen LogP contribution >= 0.6 is 0 Å². The van der Waals surface area contributed by atoms with Crippen LogP contribution in [0.1, 0.15) is 40.9 Å². The van der Waals surface area contributed by atoms with Crippen LogP contribution in [-0.4, -0.2) is 25.9 Å². The first-order valence-electron chi connectivity index (χ1n) is 7.73. The number of fused-ring (bicyclic) bond motifs is 1. The first-order valence-corrected chi connectivity index (χ1v) is 9.17. The average molecular weight is 345 g/mol. The van der Waals surface area contributed by atoms with Crippen molar-refractivity contribution in [3.05, 3.63) is 59.2 Å². The molecule has 126 valence electrons. The molecule has 0 spiro atoms. The summed E-state index contributed by atoms with van der Waals surface area (Å²) in [5, 5.41) is 10.2. The third-order valence-corrected chi connectivity index (χ3v) is 6.09. The summed E-state index contributed by atoms with van der Waals surface area (Å²) in [6, 6.07) is 11.3. The number of rotatable bonds is 3. The van der Waals surface area contributed by atoms with Crippen molar-refractivity contribution in [3.63, 3.8) is 0 Å². The van der Waals surface area contributed by atoms with Crippen LogP contribution < -0.4 is 4.31 Å². The Morgan fingerprint density at radius 2 is 1.83 bits per heavy atom. The van der Waals surface area contributed by atoms with Crippen molar-refractivity contribution in [2.24, 2.45) is 0 Å². The molecule has 2 aromatic carbocycles. The van der Waals surface area contributed by atoms with Gasteiger partial charge in [-0.15, -0.1) is 0 Å². The van der Waals surface area contributed by atoms with Gasteiger partial charge in [0.2, 0.25) is 0 Å². The highest BCUT2D eigenvalue weighted by Crippen LogP contribution is 2.37. The molecule has 6 heteroatoms. The number of nitrogens with zero attached hydrogens (tertiary/aromatic N) is 1. The van der Waals surface area contributed by atoms with Crippen molar-refractivity contribution >= 4 is 21.5 Å².